The minimum Gasteiger partial charge on any atom is -0.144 e. The molecule has 13 aromatic rings. The van der Waals surface area contributed by atoms with Gasteiger partial charge in [-0.2, -0.15) is 0 Å². The first kappa shape index (κ1) is 36.2. The molecule has 0 saturated heterocycles. The Bertz CT molecular complexity index is 3440. The molecule has 0 bridgehead atoms. The lowest BCUT2D eigenvalue weighted by Gasteiger charge is -2.24. The van der Waals surface area contributed by atoms with Gasteiger partial charge in [-0.05, 0) is 65.2 Å². The molecule has 0 aliphatic heterocycles. The largest absolute Gasteiger partial charge is 0.144 e. The summed E-state index contributed by atoms with van der Waals surface area (Å²) >= 11 is 12.6. The second-order valence-electron chi connectivity index (χ2n) is 21.2. The Hall–Kier alpha value is -2.49. The summed E-state index contributed by atoms with van der Waals surface area (Å²) in [5.41, 5.74) is 0. The molecule has 10 heteroatoms. The Kier molecular flexibility index (Phi) is 6.82. The van der Waals surface area contributed by atoms with Gasteiger partial charge in [0.1, 0.15) is 0 Å². The molecule has 58 heavy (non-hydrogen) atoms. The normalized spacial score (nSPS) is 14.6. The van der Waals surface area contributed by atoms with E-state index in [1.54, 1.807) is 70.5 Å². The monoisotopic (exact) mass is 924 g/mol. The lowest BCUT2D eigenvalue weighted by molar-refractivity contribution is 1.79. The van der Waals surface area contributed by atoms with Crippen LogP contribution in [0.5, 0.6) is 0 Å². The highest BCUT2D eigenvalue weighted by Crippen LogP contribution is 2.61. The number of hydrogen-bond acceptors (Lipinski definition) is 6. The Morgan fingerprint density at radius 1 is 0.276 bits per heavy atom. The van der Waals surface area contributed by atoms with Crippen LogP contribution < -0.4 is 18.0 Å². The number of thiophene rings is 6. The van der Waals surface area contributed by atoms with Crippen molar-refractivity contribution in [1.29, 1.82) is 0 Å². The standard InChI is InChI=1S/C48H44S6Si4/c1-55(2,3)27-17-23-31-21-13-15-49-43(21)34-26-20-30(58(10,11)12)54-48(26)42-40-36-32(24-18-28(52-46(24)42)56(4,5)6)22-14-16-50-44(22)33-25-19-29(57(7,8)9)53-47(25)41(45(23)51-27)39(38(33)36)35(31)37(34)40/h13-20H,1-12H3. The quantitative estimate of drug-likeness (QED) is 0.0937. The van der Waals surface area contributed by atoms with Crippen LogP contribution in [0.1, 0.15) is 0 Å². The van der Waals surface area contributed by atoms with E-state index in [0.29, 0.717) is 0 Å². The fraction of sp³-hybridized carbons (Fsp3) is 0.250. The van der Waals surface area contributed by atoms with E-state index in [-0.39, 0.29) is 0 Å². The molecule has 0 unspecified atom stereocenters. The van der Waals surface area contributed by atoms with Crippen molar-refractivity contribution in [3.05, 3.63) is 47.2 Å². The van der Waals surface area contributed by atoms with Gasteiger partial charge >= 0.3 is 0 Å². The Morgan fingerprint density at radius 2 is 0.534 bits per heavy atom. The van der Waals surface area contributed by atoms with Crippen molar-refractivity contribution in [2.75, 3.05) is 0 Å². The van der Waals surface area contributed by atoms with E-state index in [1.165, 1.54) is 72.7 Å². The number of hydrogen-bond donors (Lipinski definition) is 0. The first-order valence-electron chi connectivity index (χ1n) is 20.6. The molecule has 0 nitrogen and oxygen atoms in total. The van der Waals surface area contributed by atoms with Crippen LogP contribution in [-0.4, -0.2) is 32.3 Å². The molecule has 288 valence electrons. The Morgan fingerprint density at radius 3 is 0.828 bits per heavy atom. The van der Waals surface area contributed by atoms with Gasteiger partial charge in [-0.1, -0.05) is 78.6 Å². The summed E-state index contributed by atoms with van der Waals surface area (Å²) in [6.45, 7) is 30.6. The third kappa shape index (κ3) is 4.29. The van der Waals surface area contributed by atoms with Crippen molar-refractivity contribution >= 4 is 243 Å². The molecule has 0 atom stereocenters. The molecule has 13 rings (SSSR count). The van der Waals surface area contributed by atoms with Crippen LogP contribution in [0, 0.1) is 0 Å². The van der Waals surface area contributed by atoms with E-state index < -0.39 is 32.3 Å². The van der Waals surface area contributed by atoms with Crippen LogP contribution in [0.15, 0.2) is 47.2 Å². The fourth-order valence-corrected chi connectivity index (χ4v) is 24.8. The summed E-state index contributed by atoms with van der Waals surface area (Å²) in [5, 5.41) is 32.4. The molecule has 0 saturated carbocycles. The van der Waals surface area contributed by atoms with Crippen LogP contribution >= 0.6 is 68.0 Å². The van der Waals surface area contributed by atoms with E-state index in [4.69, 9.17) is 0 Å². The van der Waals surface area contributed by atoms with Gasteiger partial charge in [-0.15, -0.1) is 68.0 Å². The van der Waals surface area contributed by atoms with Crippen molar-refractivity contribution < 1.29 is 0 Å². The zero-order valence-corrected chi connectivity index (χ0v) is 44.0. The van der Waals surface area contributed by atoms with Gasteiger partial charge in [0.05, 0.1) is 32.3 Å². The summed E-state index contributed by atoms with van der Waals surface area (Å²) in [4.78, 5) is 0. The van der Waals surface area contributed by atoms with Gasteiger partial charge < -0.3 is 0 Å². The van der Waals surface area contributed by atoms with E-state index in [1.807, 2.05) is 22.7 Å². The van der Waals surface area contributed by atoms with E-state index in [2.05, 4.69) is 171 Å². The second kappa shape index (κ2) is 10.9. The van der Waals surface area contributed by atoms with Crippen molar-refractivity contribution in [1.82, 2.24) is 0 Å². The molecule has 6 heterocycles. The highest BCUT2D eigenvalue weighted by molar-refractivity contribution is 7.36. The molecule has 7 aromatic carbocycles. The Labute approximate surface area is 365 Å². The summed E-state index contributed by atoms with van der Waals surface area (Å²) in [6.07, 6.45) is 0. The molecule has 0 fully saturated rings. The summed E-state index contributed by atoms with van der Waals surface area (Å²) in [5.74, 6) is 0. The van der Waals surface area contributed by atoms with Crippen LogP contribution in [0.25, 0.3) is 125 Å². The molecule has 0 aliphatic carbocycles. The van der Waals surface area contributed by atoms with Gasteiger partial charge in [-0.25, -0.2) is 0 Å². The fourth-order valence-electron chi connectivity index (χ4n) is 10.4. The summed E-state index contributed by atoms with van der Waals surface area (Å²) in [6, 6.07) is 15.7. The average Bonchev–Trinajstić information content (AvgIpc) is 3.97. The van der Waals surface area contributed by atoms with E-state index in [0.717, 1.165) is 0 Å². The smallest absolute Gasteiger partial charge is 0.0904 e. The number of rotatable bonds is 4. The highest BCUT2D eigenvalue weighted by Gasteiger charge is 2.35. The lowest BCUT2D eigenvalue weighted by Crippen LogP contribution is -2.34. The maximum Gasteiger partial charge on any atom is 0.0904 e. The molecule has 0 aliphatic rings. The predicted molar refractivity (Wildman–Crippen MR) is 289 cm³/mol. The topological polar surface area (TPSA) is 0 Å². The minimum atomic E-state index is -1.63. The zero-order valence-electron chi connectivity index (χ0n) is 35.1. The zero-order chi connectivity index (χ0) is 40.1. The van der Waals surface area contributed by atoms with Crippen molar-refractivity contribution in [2.45, 2.75) is 78.6 Å². The van der Waals surface area contributed by atoms with Gasteiger partial charge in [0.25, 0.3) is 0 Å². The molecule has 0 radical (unpaired) electrons. The molecular formula is C48H44S6Si4. The lowest BCUT2D eigenvalue weighted by atomic mass is 9.79. The molecule has 0 spiro atoms. The Balaban J connectivity index is 1.50. The summed E-state index contributed by atoms with van der Waals surface area (Å²) < 4.78 is 15.7. The second-order valence-corrected chi connectivity index (χ2v) is 48.9. The number of fused-ring (bicyclic) bond motifs is 18. The maximum absolute atomic E-state index is 2.69. The number of benzene rings is 7. The predicted octanol–water partition coefficient (Wildman–Crippen LogP) is 16.4. The first-order valence-corrected chi connectivity index (χ1v) is 39.6. The van der Waals surface area contributed by atoms with Crippen molar-refractivity contribution in [2.24, 2.45) is 0 Å². The minimum absolute atomic E-state index is 1.47. The van der Waals surface area contributed by atoms with Crippen molar-refractivity contribution in [3.8, 4) is 0 Å². The van der Waals surface area contributed by atoms with Gasteiger partial charge in [0.2, 0.25) is 0 Å². The average molecular weight is 926 g/mol. The van der Waals surface area contributed by atoms with Crippen LogP contribution in [0.2, 0.25) is 78.6 Å². The molecule has 0 N–H and O–H groups in total. The van der Waals surface area contributed by atoms with Crippen molar-refractivity contribution in [3.63, 3.8) is 0 Å². The first-order chi connectivity index (χ1) is 27.3. The molecule has 6 aromatic heterocycles. The van der Waals surface area contributed by atoms with Crippen LogP contribution in [0.3, 0.4) is 0 Å². The molecule has 0 amide bonds. The SMILES string of the molecule is C[Si](C)(C)c1cc2c(s1)c1c3sc([Si](C)(C)C)cc3c3c4sccc4c4c5cc([Si](C)(C)C)sc5c5c6sc([Si](C)(C)C)cc6c6c7sccc7c2c2c6c5c4c3c12. The van der Waals surface area contributed by atoms with Gasteiger partial charge in [0.15, 0.2) is 0 Å². The van der Waals surface area contributed by atoms with Crippen LogP contribution in [-0.2, 0) is 0 Å². The maximum atomic E-state index is 2.69. The van der Waals surface area contributed by atoms with E-state index >= 15 is 0 Å². The third-order valence-electron chi connectivity index (χ3n) is 13.2. The summed E-state index contributed by atoms with van der Waals surface area (Å²) in [7, 11) is -6.52. The van der Waals surface area contributed by atoms with Crippen LogP contribution in [0.4, 0.5) is 0 Å². The van der Waals surface area contributed by atoms with Gasteiger partial charge in [-0.3, -0.25) is 0 Å². The highest BCUT2D eigenvalue weighted by atomic mass is 32.1. The third-order valence-corrected chi connectivity index (χ3v) is 34.0. The van der Waals surface area contributed by atoms with Gasteiger partial charge in [0, 0.05) is 125 Å². The molecular weight excluding hydrogens is 881 g/mol. The van der Waals surface area contributed by atoms with E-state index in [9.17, 15) is 0 Å².